The smallest absolute Gasteiger partial charge is 0.119 e. The maximum absolute atomic E-state index is 9.81. The Hall–Kier alpha value is -1.10. The molecule has 0 fully saturated rings. The summed E-state index contributed by atoms with van der Waals surface area (Å²) in [5.74, 6) is 0.782. The maximum Gasteiger partial charge on any atom is 0.119 e. The van der Waals surface area contributed by atoms with Crippen LogP contribution in [0.25, 0.3) is 0 Å². The summed E-state index contributed by atoms with van der Waals surface area (Å²) in [7, 11) is 0. The Morgan fingerprint density at radius 3 is 2.76 bits per heavy atom. The second-order valence-corrected chi connectivity index (χ2v) is 5.25. The average molecular weight is 295 g/mol. The van der Waals surface area contributed by atoms with Gasteiger partial charge in [-0.05, 0) is 37.6 Å². The van der Waals surface area contributed by atoms with Gasteiger partial charge in [-0.15, -0.1) is 0 Å². The lowest BCUT2D eigenvalue weighted by Gasteiger charge is -2.16. The van der Waals surface area contributed by atoms with Crippen molar-refractivity contribution in [3.05, 3.63) is 29.8 Å². The molecule has 1 rings (SSSR count). The van der Waals surface area contributed by atoms with E-state index in [1.54, 1.807) is 0 Å². The minimum atomic E-state index is -0.586. The van der Waals surface area contributed by atoms with Gasteiger partial charge in [-0.2, -0.15) is 0 Å². The Kier molecular flexibility index (Phi) is 9.06. The van der Waals surface area contributed by atoms with Crippen molar-refractivity contribution in [3.63, 3.8) is 0 Å². The molecule has 2 atom stereocenters. The zero-order chi connectivity index (χ0) is 15.5. The van der Waals surface area contributed by atoms with Gasteiger partial charge in [-0.25, -0.2) is 0 Å². The predicted molar refractivity (Wildman–Crippen MR) is 85.8 cm³/mol. The molecule has 21 heavy (non-hydrogen) atoms. The third-order valence-corrected chi connectivity index (χ3v) is 3.26. The summed E-state index contributed by atoms with van der Waals surface area (Å²) in [6.45, 7) is 8.54. The van der Waals surface area contributed by atoms with Crippen LogP contribution in [0.15, 0.2) is 24.3 Å². The standard InChI is InChI=1S/C17H29NO3/c1-4-6-10-20-12-16(19)13-21-17-9-7-8-15(11-17)14(3)18-5-2/h7-9,11,14,16,18-19H,4-6,10,12-13H2,1-3H3. The highest BCUT2D eigenvalue weighted by molar-refractivity contribution is 5.30. The fourth-order valence-corrected chi connectivity index (χ4v) is 2.00. The number of benzene rings is 1. The van der Waals surface area contributed by atoms with Gasteiger partial charge in [0.1, 0.15) is 18.5 Å². The molecular weight excluding hydrogens is 266 g/mol. The molecule has 0 aromatic heterocycles. The molecule has 0 aliphatic rings. The highest BCUT2D eigenvalue weighted by atomic mass is 16.5. The van der Waals surface area contributed by atoms with Crippen LogP contribution < -0.4 is 10.1 Å². The van der Waals surface area contributed by atoms with Crippen LogP contribution in [-0.4, -0.2) is 37.6 Å². The van der Waals surface area contributed by atoms with Crippen molar-refractivity contribution in [2.75, 3.05) is 26.4 Å². The molecule has 0 aliphatic carbocycles. The van der Waals surface area contributed by atoms with Crippen LogP contribution in [-0.2, 0) is 4.74 Å². The number of ether oxygens (including phenoxy) is 2. The average Bonchev–Trinajstić information content (AvgIpc) is 2.50. The number of hydrogen-bond acceptors (Lipinski definition) is 4. The van der Waals surface area contributed by atoms with Gasteiger partial charge < -0.3 is 19.9 Å². The number of hydrogen-bond donors (Lipinski definition) is 2. The van der Waals surface area contributed by atoms with Crippen molar-refractivity contribution >= 4 is 0 Å². The molecule has 0 saturated carbocycles. The van der Waals surface area contributed by atoms with Crippen molar-refractivity contribution in [3.8, 4) is 5.75 Å². The molecule has 0 amide bonds. The molecule has 2 N–H and O–H groups in total. The molecule has 1 aromatic carbocycles. The monoisotopic (exact) mass is 295 g/mol. The van der Waals surface area contributed by atoms with E-state index in [0.717, 1.165) is 25.1 Å². The van der Waals surface area contributed by atoms with E-state index in [0.29, 0.717) is 19.3 Å². The number of aliphatic hydroxyl groups is 1. The van der Waals surface area contributed by atoms with Crippen molar-refractivity contribution in [1.29, 1.82) is 0 Å². The SMILES string of the molecule is CCCCOCC(O)COc1cccc(C(C)NCC)c1. The summed E-state index contributed by atoms with van der Waals surface area (Å²) in [6.07, 6.45) is 1.54. The van der Waals surface area contributed by atoms with Gasteiger partial charge in [0, 0.05) is 12.6 Å². The van der Waals surface area contributed by atoms with E-state index in [1.807, 2.05) is 18.2 Å². The van der Waals surface area contributed by atoms with E-state index >= 15 is 0 Å². The summed E-state index contributed by atoms with van der Waals surface area (Å²) in [4.78, 5) is 0. The van der Waals surface area contributed by atoms with E-state index in [1.165, 1.54) is 5.56 Å². The molecule has 0 heterocycles. The summed E-state index contributed by atoms with van der Waals surface area (Å²) >= 11 is 0. The van der Waals surface area contributed by atoms with E-state index in [4.69, 9.17) is 9.47 Å². The Bertz CT molecular complexity index is 384. The summed E-state index contributed by atoms with van der Waals surface area (Å²) in [5.41, 5.74) is 1.18. The Morgan fingerprint density at radius 2 is 2.05 bits per heavy atom. The fraction of sp³-hybridized carbons (Fsp3) is 0.647. The van der Waals surface area contributed by atoms with E-state index in [9.17, 15) is 5.11 Å². The number of unbranched alkanes of at least 4 members (excludes halogenated alkanes) is 1. The van der Waals surface area contributed by atoms with Gasteiger partial charge >= 0.3 is 0 Å². The molecule has 0 radical (unpaired) electrons. The zero-order valence-corrected chi connectivity index (χ0v) is 13.5. The Morgan fingerprint density at radius 1 is 1.24 bits per heavy atom. The fourth-order valence-electron chi connectivity index (χ4n) is 2.00. The van der Waals surface area contributed by atoms with Crippen LogP contribution in [0, 0.1) is 0 Å². The Balaban J connectivity index is 2.35. The van der Waals surface area contributed by atoms with Crippen LogP contribution >= 0.6 is 0 Å². The zero-order valence-electron chi connectivity index (χ0n) is 13.5. The maximum atomic E-state index is 9.81. The van der Waals surface area contributed by atoms with Crippen molar-refractivity contribution in [2.24, 2.45) is 0 Å². The predicted octanol–water partition coefficient (Wildman–Crippen LogP) is 2.91. The molecule has 0 saturated heterocycles. The van der Waals surface area contributed by atoms with Crippen molar-refractivity contribution < 1.29 is 14.6 Å². The van der Waals surface area contributed by atoms with Gasteiger partial charge in [-0.3, -0.25) is 0 Å². The molecule has 1 aromatic rings. The quantitative estimate of drug-likeness (QED) is 0.616. The van der Waals surface area contributed by atoms with E-state index in [-0.39, 0.29) is 6.61 Å². The highest BCUT2D eigenvalue weighted by Gasteiger charge is 2.08. The van der Waals surface area contributed by atoms with Crippen LogP contribution in [0.4, 0.5) is 0 Å². The summed E-state index contributed by atoms with van der Waals surface area (Å²) < 4.78 is 11.0. The van der Waals surface area contributed by atoms with Crippen LogP contribution in [0.5, 0.6) is 5.75 Å². The molecular formula is C17H29NO3. The van der Waals surface area contributed by atoms with Crippen molar-refractivity contribution in [2.45, 2.75) is 45.8 Å². The molecule has 0 bridgehead atoms. The third kappa shape index (κ3) is 7.46. The first-order valence-electron chi connectivity index (χ1n) is 7.89. The first kappa shape index (κ1) is 18.0. The van der Waals surface area contributed by atoms with Gasteiger partial charge in [0.15, 0.2) is 0 Å². The first-order valence-corrected chi connectivity index (χ1v) is 7.89. The molecule has 4 nitrogen and oxygen atoms in total. The molecule has 120 valence electrons. The normalized spacial score (nSPS) is 13.9. The van der Waals surface area contributed by atoms with Gasteiger partial charge in [0.2, 0.25) is 0 Å². The summed E-state index contributed by atoms with van der Waals surface area (Å²) in [5, 5.41) is 13.2. The van der Waals surface area contributed by atoms with Crippen molar-refractivity contribution in [1.82, 2.24) is 5.32 Å². The van der Waals surface area contributed by atoms with Gasteiger partial charge in [-0.1, -0.05) is 32.4 Å². The lowest BCUT2D eigenvalue weighted by atomic mass is 10.1. The first-order chi connectivity index (χ1) is 10.2. The van der Waals surface area contributed by atoms with E-state index < -0.39 is 6.10 Å². The van der Waals surface area contributed by atoms with E-state index in [2.05, 4.69) is 32.2 Å². The van der Waals surface area contributed by atoms with Gasteiger partial charge in [0.25, 0.3) is 0 Å². The topological polar surface area (TPSA) is 50.7 Å². The van der Waals surface area contributed by atoms with Crippen LogP contribution in [0.1, 0.15) is 45.2 Å². The second kappa shape index (κ2) is 10.6. The summed E-state index contributed by atoms with van der Waals surface area (Å²) in [6, 6.07) is 8.26. The largest absolute Gasteiger partial charge is 0.491 e. The molecule has 2 unspecified atom stereocenters. The minimum Gasteiger partial charge on any atom is -0.491 e. The molecule has 0 aliphatic heterocycles. The van der Waals surface area contributed by atoms with Crippen LogP contribution in [0.2, 0.25) is 0 Å². The van der Waals surface area contributed by atoms with Gasteiger partial charge in [0.05, 0.1) is 6.61 Å². The minimum absolute atomic E-state index is 0.255. The Labute approximate surface area is 128 Å². The highest BCUT2D eigenvalue weighted by Crippen LogP contribution is 2.19. The molecule has 0 spiro atoms. The lowest BCUT2D eigenvalue weighted by molar-refractivity contribution is 0.0113. The lowest BCUT2D eigenvalue weighted by Crippen LogP contribution is -2.24. The number of rotatable bonds is 11. The third-order valence-electron chi connectivity index (χ3n) is 3.26. The second-order valence-electron chi connectivity index (χ2n) is 5.25. The number of nitrogens with one attached hydrogen (secondary N) is 1. The van der Waals surface area contributed by atoms with Crippen LogP contribution in [0.3, 0.4) is 0 Å². The molecule has 4 heteroatoms. The number of aliphatic hydroxyl groups excluding tert-OH is 1.